The first-order valence-corrected chi connectivity index (χ1v) is 8.30. The number of aromatic nitrogens is 3. The van der Waals surface area contributed by atoms with Gasteiger partial charge in [0.05, 0.1) is 12.6 Å². The van der Waals surface area contributed by atoms with Crippen molar-refractivity contribution < 1.29 is 0 Å². The van der Waals surface area contributed by atoms with E-state index in [1.807, 2.05) is 12.3 Å². The van der Waals surface area contributed by atoms with Crippen molar-refractivity contribution in [3.05, 3.63) is 59.5 Å². The van der Waals surface area contributed by atoms with Gasteiger partial charge in [0.15, 0.2) is 5.65 Å². The van der Waals surface area contributed by atoms with Crippen molar-refractivity contribution in [2.75, 3.05) is 13.6 Å². The zero-order chi connectivity index (χ0) is 15.8. The van der Waals surface area contributed by atoms with E-state index in [4.69, 9.17) is 4.98 Å². The Morgan fingerprint density at radius 2 is 2.04 bits per heavy atom. The smallest absolute Gasteiger partial charge is 0.160 e. The van der Waals surface area contributed by atoms with E-state index in [1.54, 1.807) is 0 Å². The summed E-state index contributed by atoms with van der Waals surface area (Å²) in [5, 5.41) is 0. The molecule has 1 aliphatic rings. The molecule has 0 radical (unpaired) electrons. The van der Waals surface area contributed by atoms with E-state index >= 15 is 0 Å². The molecule has 4 rings (SSSR count). The number of imidazole rings is 1. The van der Waals surface area contributed by atoms with Crippen molar-refractivity contribution in [3.8, 4) is 0 Å². The van der Waals surface area contributed by atoms with Gasteiger partial charge < -0.3 is 4.57 Å². The highest BCUT2D eigenvalue weighted by Gasteiger charge is 2.28. The number of benzene rings is 1. The molecule has 1 saturated heterocycles. The van der Waals surface area contributed by atoms with E-state index in [0.717, 1.165) is 30.1 Å². The second kappa shape index (κ2) is 5.78. The van der Waals surface area contributed by atoms with Gasteiger partial charge in [0.1, 0.15) is 11.3 Å². The van der Waals surface area contributed by atoms with Gasteiger partial charge in [-0.25, -0.2) is 9.97 Å². The van der Waals surface area contributed by atoms with Gasteiger partial charge in [-0.15, -0.1) is 0 Å². The lowest BCUT2D eigenvalue weighted by molar-refractivity contribution is 0.300. The van der Waals surface area contributed by atoms with Crippen LogP contribution in [0.4, 0.5) is 0 Å². The Bertz CT molecular complexity index is 836. The predicted molar refractivity (Wildman–Crippen MR) is 92.4 cm³/mol. The molecule has 4 heteroatoms. The summed E-state index contributed by atoms with van der Waals surface area (Å²) < 4.78 is 2.31. The lowest BCUT2D eigenvalue weighted by Crippen LogP contribution is -2.21. The molecule has 0 bridgehead atoms. The molecule has 1 fully saturated rings. The van der Waals surface area contributed by atoms with Crippen LogP contribution in [0.2, 0.25) is 0 Å². The van der Waals surface area contributed by atoms with E-state index in [2.05, 4.69) is 58.8 Å². The maximum absolute atomic E-state index is 4.93. The highest BCUT2D eigenvalue weighted by molar-refractivity contribution is 5.71. The Morgan fingerprint density at radius 1 is 1.17 bits per heavy atom. The lowest BCUT2D eigenvalue weighted by Gasteiger charge is -2.20. The van der Waals surface area contributed by atoms with Crippen LogP contribution in [0.1, 0.15) is 35.8 Å². The summed E-state index contributed by atoms with van der Waals surface area (Å²) in [5.74, 6) is 1.15. The van der Waals surface area contributed by atoms with Crippen molar-refractivity contribution in [1.82, 2.24) is 19.4 Å². The SMILES string of the molecule is Cc1ccccc1Cn1c(C2CCCN2C)nc2cccnc21. The minimum absolute atomic E-state index is 0.396. The molecular weight excluding hydrogens is 284 g/mol. The minimum atomic E-state index is 0.396. The van der Waals surface area contributed by atoms with Crippen LogP contribution in [-0.4, -0.2) is 33.0 Å². The number of nitrogens with zero attached hydrogens (tertiary/aromatic N) is 4. The van der Waals surface area contributed by atoms with Gasteiger partial charge in [0, 0.05) is 6.20 Å². The van der Waals surface area contributed by atoms with Crippen molar-refractivity contribution >= 4 is 11.2 Å². The molecule has 1 unspecified atom stereocenters. The average molecular weight is 306 g/mol. The molecule has 2 aromatic heterocycles. The summed E-state index contributed by atoms with van der Waals surface area (Å²) in [7, 11) is 2.20. The number of hydrogen-bond acceptors (Lipinski definition) is 3. The Balaban J connectivity index is 1.84. The standard InChI is InChI=1S/C19H22N4/c1-14-7-3-4-8-15(14)13-23-18-16(9-5-11-20-18)21-19(23)17-10-6-12-22(17)2/h3-5,7-9,11,17H,6,10,12-13H2,1-2H3. The minimum Gasteiger partial charge on any atom is -0.307 e. The van der Waals surface area contributed by atoms with Crippen LogP contribution in [0.3, 0.4) is 0 Å². The maximum Gasteiger partial charge on any atom is 0.160 e. The van der Waals surface area contributed by atoms with Gasteiger partial charge in [-0.3, -0.25) is 4.90 Å². The van der Waals surface area contributed by atoms with Crippen LogP contribution >= 0.6 is 0 Å². The van der Waals surface area contributed by atoms with Gasteiger partial charge in [-0.2, -0.15) is 0 Å². The second-order valence-corrected chi connectivity index (χ2v) is 6.47. The Labute approximate surface area is 136 Å². The topological polar surface area (TPSA) is 34.0 Å². The van der Waals surface area contributed by atoms with Crippen LogP contribution in [-0.2, 0) is 6.54 Å². The molecule has 1 atom stereocenters. The number of fused-ring (bicyclic) bond motifs is 1. The first-order chi connectivity index (χ1) is 11.2. The van der Waals surface area contributed by atoms with E-state index in [-0.39, 0.29) is 0 Å². The fraction of sp³-hybridized carbons (Fsp3) is 0.368. The van der Waals surface area contributed by atoms with Gasteiger partial charge in [-0.1, -0.05) is 24.3 Å². The monoisotopic (exact) mass is 306 g/mol. The van der Waals surface area contributed by atoms with Gasteiger partial charge >= 0.3 is 0 Å². The number of aryl methyl sites for hydroxylation is 1. The molecule has 0 N–H and O–H groups in total. The number of pyridine rings is 1. The third kappa shape index (κ3) is 2.53. The number of hydrogen-bond donors (Lipinski definition) is 0. The maximum atomic E-state index is 4.93. The molecule has 1 aliphatic heterocycles. The predicted octanol–water partition coefficient (Wildman–Crippen LogP) is 3.55. The zero-order valence-electron chi connectivity index (χ0n) is 13.7. The molecule has 23 heavy (non-hydrogen) atoms. The summed E-state index contributed by atoms with van der Waals surface area (Å²) >= 11 is 0. The van der Waals surface area contributed by atoms with Crippen molar-refractivity contribution in [2.24, 2.45) is 0 Å². The van der Waals surface area contributed by atoms with Crippen LogP contribution in [0, 0.1) is 6.92 Å². The molecule has 118 valence electrons. The molecule has 0 saturated carbocycles. The molecule has 0 amide bonds. The van der Waals surface area contributed by atoms with Crippen LogP contribution in [0.25, 0.3) is 11.2 Å². The molecule has 1 aromatic carbocycles. The van der Waals surface area contributed by atoms with E-state index in [0.29, 0.717) is 6.04 Å². The highest BCUT2D eigenvalue weighted by atomic mass is 15.2. The van der Waals surface area contributed by atoms with Crippen molar-refractivity contribution in [2.45, 2.75) is 32.4 Å². The fourth-order valence-corrected chi connectivity index (χ4v) is 3.58. The molecular formula is C19H22N4. The van der Waals surface area contributed by atoms with Crippen LogP contribution < -0.4 is 0 Å². The largest absolute Gasteiger partial charge is 0.307 e. The Hall–Kier alpha value is -2.20. The van der Waals surface area contributed by atoms with E-state index in [1.165, 1.54) is 24.0 Å². The number of rotatable bonds is 3. The van der Waals surface area contributed by atoms with E-state index in [9.17, 15) is 0 Å². The molecule has 0 aliphatic carbocycles. The molecule has 4 nitrogen and oxygen atoms in total. The highest BCUT2D eigenvalue weighted by Crippen LogP contribution is 2.32. The second-order valence-electron chi connectivity index (χ2n) is 6.47. The van der Waals surface area contributed by atoms with Crippen molar-refractivity contribution in [3.63, 3.8) is 0 Å². The van der Waals surface area contributed by atoms with Gasteiger partial charge in [0.2, 0.25) is 0 Å². The lowest BCUT2D eigenvalue weighted by atomic mass is 10.1. The third-order valence-electron chi connectivity index (χ3n) is 4.94. The fourth-order valence-electron chi connectivity index (χ4n) is 3.58. The van der Waals surface area contributed by atoms with Crippen LogP contribution in [0.15, 0.2) is 42.6 Å². The number of likely N-dealkylation sites (tertiary alicyclic amines) is 1. The summed E-state index contributed by atoms with van der Waals surface area (Å²) in [4.78, 5) is 11.9. The first-order valence-electron chi connectivity index (χ1n) is 8.30. The molecule has 0 spiro atoms. The first kappa shape index (κ1) is 14.4. The Kier molecular flexibility index (Phi) is 3.62. The summed E-state index contributed by atoms with van der Waals surface area (Å²) in [6.45, 7) is 4.15. The summed E-state index contributed by atoms with van der Waals surface area (Å²) in [5.41, 5.74) is 4.64. The molecule has 3 aromatic rings. The van der Waals surface area contributed by atoms with E-state index < -0.39 is 0 Å². The van der Waals surface area contributed by atoms with Crippen molar-refractivity contribution in [1.29, 1.82) is 0 Å². The Morgan fingerprint density at radius 3 is 2.83 bits per heavy atom. The zero-order valence-corrected chi connectivity index (χ0v) is 13.7. The van der Waals surface area contributed by atoms with Gasteiger partial charge in [0.25, 0.3) is 0 Å². The third-order valence-corrected chi connectivity index (χ3v) is 4.94. The molecule has 3 heterocycles. The quantitative estimate of drug-likeness (QED) is 0.742. The summed E-state index contributed by atoms with van der Waals surface area (Å²) in [6.07, 6.45) is 4.27. The van der Waals surface area contributed by atoms with Crippen LogP contribution in [0.5, 0.6) is 0 Å². The summed E-state index contributed by atoms with van der Waals surface area (Å²) in [6, 6.07) is 13.0. The van der Waals surface area contributed by atoms with Gasteiger partial charge in [-0.05, 0) is 56.6 Å². The normalized spacial score (nSPS) is 18.8. The average Bonchev–Trinajstić information content (AvgIpc) is 3.13.